The summed E-state index contributed by atoms with van der Waals surface area (Å²) in [7, 11) is 1.57. The van der Waals surface area contributed by atoms with Crippen LogP contribution in [-0.2, 0) is 16.1 Å². The molecule has 0 aliphatic rings. The molecule has 2 aromatic heterocycles. The molecule has 37 heavy (non-hydrogen) atoms. The second-order valence-corrected chi connectivity index (χ2v) is 8.58. The van der Waals surface area contributed by atoms with E-state index in [1.165, 1.54) is 10.7 Å². The van der Waals surface area contributed by atoms with Gasteiger partial charge in [-0.2, -0.15) is 0 Å². The number of carbonyl (C=O) groups excluding carboxylic acids is 3. The lowest BCUT2D eigenvalue weighted by molar-refractivity contribution is -0.117. The Balaban J connectivity index is 1.49. The lowest BCUT2D eigenvalue weighted by Gasteiger charge is -2.10. The van der Waals surface area contributed by atoms with E-state index in [0.29, 0.717) is 33.7 Å². The fourth-order valence-corrected chi connectivity index (χ4v) is 4.03. The van der Waals surface area contributed by atoms with Gasteiger partial charge < -0.3 is 21.1 Å². The second-order valence-electron chi connectivity index (χ2n) is 7.63. The number of amides is 3. The quantitative estimate of drug-likeness (QED) is 0.271. The van der Waals surface area contributed by atoms with Crippen LogP contribution in [0.5, 0.6) is 5.75 Å². The molecule has 4 aromatic rings. The number of rotatable bonds is 10. The van der Waals surface area contributed by atoms with Gasteiger partial charge in [-0.25, -0.2) is 9.67 Å². The maximum atomic E-state index is 12.8. The normalized spacial score (nSPS) is 10.5. The number of nitrogens with zero attached hydrogens (tertiary/aromatic N) is 4. The summed E-state index contributed by atoms with van der Waals surface area (Å²) in [5.74, 6) is -0.256. The van der Waals surface area contributed by atoms with Crippen LogP contribution in [0.2, 0.25) is 0 Å². The summed E-state index contributed by atoms with van der Waals surface area (Å²) in [6.07, 6.45) is 3.22. The highest BCUT2D eigenvalue weighted by Crippen LogP contribution is 2.23. The number of thioether (sulfide) groups is 1. The molecular formula is C25H23N7O4S. The first kappa shape index (κ1) is 25.4. The monoisotopic (exact) mass is 517 g/mol. The van der Waals surface area contributed by atoms with Crippen LogP contribution < -0.4 is 21.1 Å². The molecule has 4 rings (SSSR count). The SMILES string of the molecule is COc1ccc(NC(=O)CSc2nc(-c3ccncc3)nn2CC(=O)Nc2ccccc2C(N)=O)cc1. The van der Waals surface area contributed by atoms with Crippen LogP contribution in [0.1, 0.15) is 10.4 Å². The molecule has 0 saturated heterocycles. The number of nitrogens with two attached hydrogens (primary N) is 1. The first-order chi connectivity index (χ1) is 17.9. The molecule has 0 fully saturated rings. The number of para-hydroxylation sites is 1. The number of carbonyl (C=O) groups is 3. The van der Waals surface area contributed by atoms with E-state index in [4.69, 9.17) is 10.5 Å². The molecule has 0 atom stereocenters. The minimum Gasteiger partial charge on any atom is -0.497 e. The van der Waals surface area contributed by atoms with Gasteiger partial charge in [0.25, 0.3) is 5.91 Å². The molecule has 3 amide bonds. The minimum atomic E-state index is -0.657. The molecule has 2 heterocycles. The summed E-state index contributed by atoms with van der Waals surface area (Å²) in [6.45, 7) is -0.201. The molecule has 0 radical (unpaired) electrons. The highest BCUT2D eigenvalue weighted by molar-refractivity contribution is 7.99. The molecule has 11 nitrogen and oxygen atoms in total. The van der Waals surface area contributed by atoms with Crippen LogP contribution in [0.3, 0.4) is 0 Å². The number of hydrogen-bond donors (Lipinski definition) is 3. The van der Waals surface area contributed by atoms with Gasteiger partial charge >= 0.3 is 0 Å². The Morgan fingerprint density at radius 2 is 1.70 bits per heavy atom. The lowest BCUT2D eigenvalue weighted by Crippen LogP contribution is -2.23. The van der Waals surface area contributed by atoms with Gasteiger partial charge in [-0.3, -0.25) is 19.4 Å². The van der Waals surface area contributed by atoms with Crippen LogP contribution in [0.4, 0.5) is 11.4 Å². The Morgan fingerprint density at radius 3 is 2.41 bits per heavy atom. The van der Waals surface area contributed by atoms with Crippen molar-refractivity contribution in [2.45, 2.75) is 11.7 Å². The van der Waals surface area contributed by atoms with E-state index in [9.17, 15) is 14.4 Å². The van der Waals surface area contributed by atoms with Crippen molar-refractivity contribution < 1.29 is 19.1 Å². The van der Waals surface area contributed by atoms with E-state index in [-0.39, 0.29) is 23.8 Å². The van der Waals surface area contributed by atoms with Gasteiger partial charge in [-0.15, -0.1) is 5.10 Å². The van der Waals surface area contributed by atoms with Crippen LogP contribution in [-0.4, -0.2) is 50.3 Å². The van der Waals surface area contributed by atoms with E-state index in [1.807, 2.05) is 0 Å². The molecular weight excluding hydrogens is 494 g/mol. The van der Waals surface area contributed by atoms with E-state index >= 15 is 0 Å². The molecule has 188 valence electrons. The summed E-state index contributed by atoms with van der Waals surface area (Å²) in [4.78, 5) is 45.6. The Labute approximate surface area is 216 Å². The Kier molecular flexibility index (Phi) is 8.11. The molecule has 4 N–H and O–H groups in total. The third-order valence-electron chi connectivity index (χ3n) is 5.04. The number of anilines is 2. The van der Waals surface area contributed by atoms with Crippen LogP contribution >= 0.6 is 11.8 Å². The minimum absolute atomic E-state index is 0.0344. The summed E-state index contributed by atoms with van der Waals surface area (Å²) in [5.41, 5.74) is 7.22. The Morgan fingerprint density at radius 1 is 0.973 bits per heavy atom. The zero-order chi connectivity index (χ0) is 26.2. The third kappa shape index (κ3) is 6.70. The molecule has 2 aromatic carbocycles. The van der Waals surface area contributed by atoms with E-state index < -0.39 is 11.8 Å². The summed E-state index contributed by atoms with van der Waals surface area (Å²) in [6, 6.07) is 16.9. The van der Waals surface area contributed by atoms with Crippen molar-refractivity contribution in [3.05, 3.63) is 78.6 Å². The number of pyridine rings is 1. The van der Waals surface area contributed by atoms with Crippen molar-refractivity contribution in [2.24, 2.45) is 5.73 Å². The van der Waals surface area contributed by atoms with Gasteiger partial charge in [0.2, 0.25) is 11.8 Å². The van der Waals surface area contributed by atoms with Gasteiger partial charge in [-0.1, -0.05) is 23.9 Å². The maximum absolute atomic E-state index is 12.8. The maximum Gasteiger partial charge on any atom is 0.250 e. The number of nitrogens with one attached hydrogen (secondary N) is 2. The molecule has 0 aliphatic heterocycles. The van der Waals surface area contributed by atoms with Gasteiger partial charge in [0.1, 0.15) is 12.3 Å². The van der Waals surface area contributed by atoms with Gasteiger partial charge in [0.05, 0.1) is 24.1 Å². The van der Waals surface area contributed by atoms with Crippen LogP contribution in [0, 0.1) is 0 Å². The van der Waals surface area contributed by atoms with E-state index in [2.05, 4.69) is 25.7 Å². The molecule has 12 heteroatoms. The largest absolute Gasteiger partial charge is 0.497 e. The van der Waals surface area contributed by atoms with Crippen molar-refractivity contribution in [1.29, 1.82) is 0 Å². The van der Waals surface area contributed by atoms with Crippen molar-refractivity contribution in [3.8, 4) is 17.1 Å². The average molecular weight is 518 g/mol. The topological polar surface area (TPSA) is 154 Å². The van der Waals surface area contributed by atoms with Crippen LogP contribution in [0.15, 0.2) is 78.2 Å². The average Bonchev–Trinajstić information content (AvgIpc) is 3.31. The third-order valence-corrected chi connectivity index (χ3v) is 6.01. The number of ether oxygens (including phenoxy) is 1. The first-order valence-corrected chi connectivity index (χ1v) is 12.0. The van der Waals surface area contributed by atoms with Crippen molar-refractivity contribution in [1.82, 2.24) is 19.7 Å². The molecule has 0 spiro atoms. The molecule has 0 saturated carbocycles. The predicted molar refractivity (Wildman–Crippen MR) is 139 cm³/mol. The Bertz CT molecular complexity index is 1410. The zero-order valence-electron chi connectivity index (χ0n) is 19.7. The lowest BCUT2D eigenvalue weighted by atomic mass is 10.1. The smallest absolute Gasteiger partial charge is 0.250 e. The van der Waals surface area contributed by atoms with Crippen molar-refractivity contribution in [3.63, 3.8) is 0 Å². The highest BCUT2D eigenvalue weighted by Gasteiger charge is 2.18. The molecule has 0 unspecified atom stereocenters. The number of benzene rings is 2. The standard InChI is InChI=1S/C25H23N7O4S/c1-36-18-8-6-17(7-9-18)28-22(34)15-37-25-30-24(16-10-12-27-13-11-16)31-32(25)14-21(33)29-20-5-3-2-4-19(20)23(26)35/h2-13H,14-15H2,1H3,(H2,26,35)(H,28,34)(H,29,33). The van der Waals surface area contributed by atoms with Crippen LogP contribution in [0.25, 0.3) is 11.4 Å². The van der Waals surface area contributed by atoms with E-state index in [1.54, 1.807) is 74.1 Å². The Hall–Kier alpha value is -4.71. The molecule has 0 bridgehead atoms. The van der Waals surface area contributed by atoms with Gasteiger partial charge in [-0.05, 0) is 48.5 Å². The summed E-state index contributed by atoms with van der Waals surface area (Å²) >= 11 is 1.14. The predicted octanol–water partition coefficient (Wildman–Crippen LogP) is 2.82. The highest BCUT2D eigenvalue weighted by atomic mass is 32.2. The second kappa shape index (κ2) is 11.8. The number of hydrogen-bond acceptors (Lipinski definition) is 8. The fourth-order valence-electron chi connectivity index (χ4n) is 3.30. The van der Waals surface area contributed by atoms with Gasteiger partial charge in [0.15, 0.2) is 11.0 Å². The number of aromatic nitrogens is 4. The number of methoxy groups -OCH3 is 1. The zero-order valence-corrected chi connectivity index (χ0v) is 20.6. The van der Waals surface area contributed by atoms with E-state index in [0.717, 1.165) is 11.8 Å². The van der Waals surface area contributed by atoms with Gasteiger partial charge in [0, 0.05) is 23.6 Å². The number of primary amides is 1. The van der Waals surface area contributed by atoms with Crippen molar-refractivity contribution in [2.75, 3.05) is 23.5 Å². The summed E-state index contributed by atoms with van der Waals surface area (Å²) in [5, 5.41) is 10.3. The molecule has 0 aliphatic carbocycles. The van der Waals surface area contributed by atoms with Crippen molar-refractivity contribution >= 4 is 40.9 Å². The first-order valence-electron chi connectivity index (χ1n) is 11.0. The summed E-state index contributed by atoms with van der Waals surface area (Å²) < 4.78 is 6.53. The fraction of sp³-hybridized carbons (Fsp3) is 0.120.